The van der Waals surface area contributed by atoms with Crippen molar-refractivity contribution in [2.75, 3.05) is 0 Å². The van der Waals surface area contributed by atoms with Gasteiger partial charge < -0.3 is 11.1 Å². The van der Waals surface area contributed by atoms with Crippen LogP contribution in [-0.4, -0.2) is 11.9 Å². The molecule has 1 amide bonds. The summed E-state index contributed by atoms with van der Waals surface area (Å²) in [5.41, 5.74) is 5.97. The molecule has 0 aliphatic heterocycles. The second kappa shape index (κ2) is 3.66. The molecule has 0 bridgehead atoms. The van der Waals surface area contributed by atoms with E-state index in [0.29, 0.717) is 6.04 Å². The Balaban J connectivity index is 2.14. The highest BCUT2D eigenvalue weighted by Crippen LogP contribution is 2.22. The van der Waals surface area contributed by atoms with Crippen molar-refractivity contribution in [3.63, 3.8) is 0 Å². The molecule has 1 aromatic rings. The van der Waals surface area contributed by atoms with Crippen LogP contribution in [0.4, 0.5) is 0 Å². The first-order chi connectivity index (χ1) is 7.10. The van der Waals surface area contributed by atoms with Gasteiger partial charge >= 0.3 is 0 Å². The van der Waals surface area contributed by atoms with Gasteiger partial charge in [0.15, 0.2) is 0 Å². The highest BCUT2D eigenvalue weighted by Gasteiger charge is 2.34. The van der Waals surface area contributed by atoms with Crippen molar-refractivity contribution in [2.24, 2.45) is 5.73 Å². The lowest BCUT2D eigenvalue weighted by Crippen LogP contribution is -2.49. The van der Waals surface area contributed by atoms with Gasteiger partial charge in [0.05, 0.1) is 0 Å². The zero-order valence-electron chi connectivity index (χ0n) is 8.86. The number of carbonyl (C=O) groups is 1. The molecule has 0 aromatic heterocycles. The second-order valence-corrected chi connectivity index (χ2v) is 4.32. The number of hydrogen-bond donors (Lipinski definition) is 2. The number of amides is 1. The van der Waals surface area contributed by atoms with Crippen LogP contribution in [0.5, 0.6) is 0 Å². The summed E-state index contributed by atoms with van der Waals surface area (Å²) < 4.78 is 0. The fraction of sp³-hybridized carbons (Fsp3) is 0.417. The van der Waals surface area contributed by atoms with Crippen LogP contribution in [0.1, 0.15) is 25.3 Å². The van der Waals surface area contributed by atoms with Crippen molar-refractivity contribution >= 4 is 5.91 Å². The zero-order valence-corrected chi connectivity index (χ0v) is 8.86. The molecule has 1 aliphatic carbocycles. The van der Waals surface area contributed by atoms with E-state index in [9.17, 15) is 4.79 Å². The van der Waals surface area contributed by atoms with Gasteiger partial charge in [-0.1, -0.05) is 30.3 Å². The lowest BCUT2D eigenvalue weighted by Gasteiger charge is -2.23. The second-order valence-electron chi connectivity index (χ2n) is 4.32. The lowest BCUT2D eigenvalue weighted by molar-refractivity contribution is -0.126. The van der Waals surface area contributed by atoms with Gasteiger partial charge in [0.2, 0.25) is 5.91 Å². The lowest BCUT2D eigenvalue weighted by atomic mass is 9.92. The van der Waals surface area contributed by atoms with E-state index in [-0.39, 0.29) is 5.91 Å². The maximum atomic E-state index is 11.9. The van der Waals surface area contributed by atoms with E-state index in [4.69, 9.17) is 5.73 Å². The fourth-order valence-corrected chi connectivity index (χ4v) is 1.48. The average Bonchev–Trinajstić information content (AvgIpc) is 3.03. The smallest absolute Gasteiger partial charge is 0.244 e. The topological polar surface area (TPSA) is 55.1 Å². The first-order valence-corrected chi connectivity index (χ1v) is 5.26. The fourth-order valence-electron chi connectivity index (χ4n) is 1.48. The summed E-state index contributed by atoms with van der Waals surface area (Å²) in [5.74, 6) is -0.0869. The first-order valence-electron chi connectivity index (χ1n) is 5.26. The van der Waals surface area contributed by atoms with Crippen LogP contribution in [0, 0.1) is 0 Å². The van der Waals surface area contributed by atoms with E-state index < -0.39 is 5.54 Å². The molecule has 3 heteroatoms. The Morgan fingerprint density at radius 2 is 2.00 bits per heavy atom. The van der Waals surface area contributed by atoms with E-state index in [1.807, 2.05) is 30.3 Å². The van der Waals surface area contributed by atoms with Crippen LogP contribution >= 0.6 is 0 Å². The summed E-state index contributed by atoms with van der Waals surface area (Å²) in [5, 5.41) is 2.93. The van der Waals surface area contributed by atoms with Crippen molar-refractivity contribution in [3.05, 3.63) is 35.9 Å². The number of carbonyl (C=O) groups excluding carboxylic acids is 1. The predicted molar refractivity (Wildman–Crippen MR) is 59.1 cm³/mol. The monoisotopic (exact) mass is 204 g/mol. The molecular formula is C12H16N2O. The van der Waals surface area contributed by atoms with Crippen LogP contribution in [0.3, 0.4) is 0 Å². The minimum Gasteiger partial charge on any atom is -0.351 e. The third kappa shape index (κ3) is 2.18. The van der Waals surface area contributed by atoms with Crippen molar-refractivity contribution < 1.29 is 4.79 Å². The summed E-state index contributed by atoms with van der Waals surface area (Å²) in [7, 11) is 0. The standard InChI is InChI=1S/C12H16N2O/c1-12(13,9-5-3-2-4-6-9)11(15)14-10-7-8-10/h2-6,10H,7-8,13H2,1H3,(H,14,15). The van der Waals surface area contributed by atoms with Gasteiger partial charge in [-0.05, 0) is 25.3 Å². The van der Waals surface area contributed by atoms with Crippen molar-refractivity contribution in [1.29, 1.82) is 0 Å². The molecule has 1 fully saturated rings. The van der Waals surface area contributed by atoms with Crippen LogP contribution < -0.4 is 11.1 Å². The van der Waals surface area contributed by atoms with Gasteiger partial charge in [0, 0.05) is 6.04 Å². The molecule has 0 saturated heterocycles. The molecule has 15 heavy (non-hydrogen) atoms. The molecule has 0 spiro atoms. The maximum absolute atomic E-state index is 11.9. The highest BCUT2D eigenvalue weighted by atomic mass is 16.2. The minimum absolute atomic E-state index is 0.0869. The van der Waals surface area contributed by atoms with Gasteiger partial charge in [-0.15, -0.1) is 0 Å². The van der Waals surface area contributed by atoms with Gasteiger partial charge in [-0.25, -0.2) is 0 Å². The Morgan fingerprint density at radius 1 is 1.40 bits per heavy atom. The molecule has 1 aliphatic rings. The van der Waals surface area contributed by atoms with Crippen molar-refractivity contribution in [3.8, 4) is 0 Å². The van der Waals surface area contributed by atoms with E-state index in [0.717, 1.165) is 18.4 Å². The quantitative estimate of drug-likeness (QED) is 0.775. The largest absolute Gasteiger partial charge is 0.351 e. The SMILES string of the molecule is CC(N)(C(=O)NC1CC1)c1ccccc1. The molecule has 2 rings (SSSR count). The molecule has 1 aromatic carbocycles. The Labute approximate surface area is 89.7 Å². The van der Waals surface area contributed by atoms with Gasteiger partial charge in [-0.2, -0.15) is 0 Å². The van der Waals surface area contributed by atoms with Gasteiger partial charge in [0.1, 0.15) is 5.54 Å². The third-order valence-electron chi connectivity index (χ3n) is 2.76. The number of rotatable bonds is 3. The number of nitrogens with two attached hydrogens (primary N) is 1. The first kappa shape index (κ1) is 10.2. The van der Waals surface area contributed by atoms with Crippen LogP contribution in [0.15, 0.2) is 30.3 Å². The van der Waals surface area contributed by atoms with Crippen LogP contribution in [-0.2, 0) is 10.3 Å². The van der Waals surface area contributed by atoms with Crippen LogP contribution in [0.2, 0.25) is 0 Å². The Morgan fingerprint density at radius 3 is 2.53 bits per heavy atom. The number of benzene rings is 1. The Bertz CT molecular complexity index is 355. The van der Waals surface area contributed by atoms with E-state index in [2.05, 4.69) is 5.32 Å². The summed E-state index contributed by atoms with van der Waals surface area (Å²) in [6.45, 7) is 1.75. The summed E-state index contributed by atoms with van der Waals surface area (Å²) in [6.07, 6.45) is 2.16. The van der Waals surface area contributed by atoms with E-state index in [1.165, 1.54) is 0 Å². The molecule has 0 heterocycles. The molecule has 1 atom stereocenters. The van der Waals surface area contributed by atoms with Crippen molar-refractivity contribution in [2.45, 2.75) is 31.3 Å². The molecule has 3 nitrogen and oxygen atoms in total. The van der Waals surface area contributed by atoms with E-state index in [1.54, 1.807) is 6.92 Å². The molecule has 0 radical (unpaired) electrons. The molecule has 80 valence electrons. The minimum atomic E-state index is -0.927. The predicted octanol–water partition coefficient (Wildman–Crippen LogP) is 1.14. The Kier molecular flexibility index (Phi) is 2.49. The molecule has 1 saturated carbocycles. The zero-order chi connectivity index (χ0) is 10.9. The van der Waals surface area contributed by atoms with Gasteiger partial charge in [0.25, 0.3) is 0 Å². The maximum Gasteiger partial charge on any atom is 0.244 e. The van der Waals surface area contributed by atoms with E-state index >= 15 is 0 Å². The van der Waals surface area contributed by atoms with Crippen LogP contribution in [0.25, 0.3) is 0 Å². The highest BCUT2D eigenvalue weighted by molar-refractivity contribution is 5.87. The normalized spacial score (nSPS) is 19.3. The van der Waals surface area contributed by atoms with Crippen molar-refractivity contribution in [1.82, 2.24) is 5.32 Å². The average molecular weight is 204 g/mol. The third-order valence-corrected chi connectivity index (χ3v) is 2.76. The molecule has 3 N–H and O–H groups in total. The number of hydrogen-bond acceptors (Lipinski definition) is 2. The molecular weight excluding hydrogens is 188 g/mol. The number of nitrogens with one attached hydrogen (secondary N) is 1. The summed E-state index contributed by atoms with van der Waals surface area (Å²) in [6, 6.07) is 9.82. The molecule has 1 unspecified atom stereocenters. The van der Waals surface area contributed by atoms with Gasteiger partial charge in [-0.3, -0.25) is 4.79 Å². The summed E-state index contributed by atoms with van der Waals surface area (Å²) >= 11 is 0. The summed E-state index contributed by atoms with van der Waals surface area (Å²) in [4.78, 5) is 11.9. The Hall–Kier alpha value is -1.35.